The second-order valence-electron chi connectivity index (χ2n) is 6.51. The highest BCUT2D eigenvalue weighted by molar-refractivity contribution is 5.94. The zero-order chi connectivity index (χ0) is 23.3. The summed E-state index contributed by atoms with van der Waals surface area (Å²) in [4.78, 5) is 34.5. The lowest BCUT2D eigenvalue weighted by molar-refractivity contribution is 0.0294. The molecule has 2 saturated heterocycles. The van der Waals surface area contributed by atoms with E-state index in [1.165, 1.54) is 30.6 Å². The molecule has 0 spiro atoms. The minimum Gasteiger partial charge on any atom is -0.505 e. The fraction of sp³-hybridized carbons (Fsp3) is 0.455. The highest BCUT2D eigenvalue weighted by atomic mass is 19.1. The summed E-state index contributed by atoms with van der Waals surface area (Å²) in [6, 6.07) is 5.75. The minimum absolute atomic E-state index is 0.0750. The molecular weight excluding hydrogens is 419 g/mol. The van der Waals surface area contributed by atoms with E-state index in [-0.39, 0.29) is 29.0 Å². The molecule has 4 heterocycles. The van der Waals surface area contributed by atoms with E-state index >= 15 is 0 Å². The van der Waals surface area contributed by atoms with Gasteiger partial charge in [0.25, 0.3) is 11.8 Å². The average molecular weight is 448 g/mol. The van der Waals surface area contributed by atoms with Gasteiger partial charge in [0, 0.05) is 38.6 Å². The summed E-state index contributed by atoms with van der Waals surface area (Å²) >= 11 is 0. The van der Waals surface area contributed by atoms with E-state index in [0.717, 1.165) is 0 Å². The predicted octanol–water partition coefficient (Wildman–Crippen LogP) is 1.98. The molecule has 2 aromatic rings. The molecule has 0 atom stereocenters. The van der Waals surface area contributed by atoms with Crippen molar-refractivity contribution < 1.29 is 28.6 Å². The van der Waals surface area contributed by atoms with E-state index in [2.05, 4.69) is 9.97 Å². The Morgan fingerprint density at radius 2 is 1.28 bits per heavy atom. The van der Waals surface area contributed by atoms with E-state index in [1.54, 1.807) is 15.9 Å². The van der Waals surface area contributed by atoms with Crippen molar-refractivity contribution >= 4 is 11.8 Å². The smallest absolute Gasteiger partial charge is 0.276 e. The van der Waals surface area contributed by atoms with Crippen LogP contribution in [-0.4, -0.2) is 89.3 Å². The van der Waals surface area contributed by atoms with Crippen molar-refractivity contribution in [3.63, 3.8) is 0 Å². The van der Waals surface area contributed by atoms with Crippen molar-refractivity contribution in [3.05, 3.63) is 53.9 Å². The standard InChI is InChI=1S/C10H11FN2O2.C10H12N2O3.C2H6/c11-8-2-1-3-12-9(8)10(14)13-4-6-15-7-5-13;13-8-2-1-3-11-9(8)10(14)12-4-6-15-7-5-12;1-2/h1-3H,4-7H2;1-3,13H,4-7H2;1-2H3. The van der Waals surface area contributed by atoms with E-state index < -0.39 is 5.82 Å². The number of hydrogen-bond acceptors (Lipinski definition) is 7. The lowest BCUT2D eigenvalue weighted by atomic mass is 10.2. The van der Waals surface area contributed by atoms with Gasteiger partial charge in [-0.3, -0.25) is 9.59 Å². The average Bonchev–Trinajstić information content (AvgIpc) is 2.86. The molecule has 0 unspecified atom stereocenters. The van der Waals surface area contributed by atoms with Crippen LogP contribution in [0.25, 0.3) is 0 Å². The van der Waals surface area contributed by atoms with Crippen molar-refractivity contribution in [1.82, 2.24) is 19.8 Å². The molecule has 0 aromatic carbocycles. The number of morpholine rings is 2. The molecule has 174 valence electrons. The molecule has 4 rings (SSSR count). The first-order chi connectivity index (χ1) is 15.6. The number of nitrogens with zero attached hydrogens (tertiary/aromatic N) is 4. The summed E-state index contributed by atoms with van der Waals surface area (Å²) in [6.45, 7) is 8.17. The van der Waals surface area contributed by atoms with Crippen LogP contribution in [0.2, 0.25) is 0 Å². The number of aromatic nitrogens is 2. The fourth-order valence-corrected chi connectivity index (χ4v) is 2.94. The summed E-state index contributed by atoms with van der Waals surface area (Å²) in [7, 11) is 0. The molecule has 2 amide bonds. The molecule has 0 saturated carbocycles. The van der Waals surface area contributed by atoms with Crippen LogP contribution in [0.5, 0.6) is 5.75 Å². The van der Waals surface area contributed by atoms with Crippen molar-refractivity contribution in [2.45, 2.75) is 13.8 Å². The van der Waals surface area contributed by atoms with Crippen LogP contribution < -0.4 is 0 Å². The van der Waals surface area contributed by atoms with E-state index in [1.807, 2.05) is 13.8 Å². The van der Waals surface area contributed by atoms with Crippen LogP contribution in [0, 0.1) is 5.82 Å². The number of rotatable bonds is 2. The Hall–Kier alpha value is -3.11. The van der Waals surface area contributed by atoms with E-state index in [9.17, 15) is 19.1 Å². The first-order valence-corrected chi connectivity index (χ1v) is 10.6. The molecule has 2 aliphatic heterocycles. The third-order valence-electron chi connectivity index (χ3n) is 4.55. The number of ether oxygens (including phenoxy) is 2. The third-order valence-corrected chi connectivity index (χ3v) is 4.55. The molecule has 0 bridgehead atoms. The lowest BCUT2D eigenvalue weighted by Crippen LogP contribution is -2.41. The van der Waals surface area contributed by atoms with Gasteiger partial charge in [-0.25, -0.2) is 14.4 Å². The van der Waals surface area contributed by atoms with Crippen molar-refractivity contribution in [3.8, 4) is 5.75 Å². The van der Waals surface area contributed by atoms with Crippen LogP contribution in [0.15, 0.2) is 36.7 Å². The molecule has 2 aromatic heterocycles. The van der Waals surface area contributed by atoms with Gasteiger partial charge in [0.15, 0.2) is 17.2 Å². The topological polar surface area (TPSA) is 105 Å². The van der Waals surface area contributed by atoms with Gasteiger partial charge in [-0.2, -0.15) is 0 Å². The largest absolute Gasteiger partial charge is 0.505 e. The lowest BCUT2D eigenvalue weighted by Gasteiger charge is -2.26. The summed E-state index contributed by atoms with van der Waals surface area (Å²) in [5, 5.41) is 9.47. The SMILES string of the molecule is CC.O=C(c1ncccc1F)N1CCOCC1.O=C(c1ncccc1O)N1CCOCC1. The normalized spacial score (nSPS) is 15.6. The number of hydrogen-bond donors (Lipinski definition) is 1. The van der Waals surface area contributed by atoms with Crippen molar-refractivity contribution in [2.24, 2.45) is 0 Å². The maximum Gasteiger partial charge on any atom is 0.276 e. The maximum absolute atomic E-state index is 13.3. The van der Waals surface area contributed by atoms with Gasteiger partial charge in [-0.1, -0.05) is 13.8 Å². The van der Waals surface area contributed by atoms with Gasteiger partial charge in [0.05, 0.1) is 26.4 Å². The van der Waals surface area contributed by atoms with Gasteiger partial charge < -0.3 is 24.4 Å². The number of pyridine rings is 2. The van der Waals surface area contributed by atoms with Crippen molar-refractivity contribution in [2.75, 3.05) is 52.6 Å². The number of carbonyl (C=O) groups excluding carboxylic acids is 2. The van der Waals surface area contributed by atoms with Crippen LogP contribution in [0.1, 0.15) is 34.8 Å². The Kier molecular flexibility index (Phi) is 10.5. The highest BCUT2D eigenvalue weighted by Crippen LogP contribution is 2.15. The summed E-state index contributed by atoms with van der Waals surface area (Å²) in [5.41, 5.74) is -0.00111. The third kappa shape index (κ3) is 6.96. The molecule has 2 aliphatic rings. The number of carbonyl (C=O) groups is 2. The van der Waals surface area contributed by atoms with Gasteiger partial charge in [-0.05, 0) is 24.3 Å². The Morgan fingerprint density at radius 3 is 1.75 bits per heavy atom. The Bertz CT molecular complexity index is 799. The number of amides is 2. The zero-order valence-corrected chi connectivity index (χ0v) is 18.4. The molecule has 32 heavy (non-hydrogen) atoms. The van der Waals surface area contributed by atoms with Crippen molar-refractivity contribution in [1.29, 1.82) is 0 Å². The molecule has 1 N–H and O–H groups in total. The first kappa shape index (κ1) is 25.2. The van der Waals surface area contributed by atoms with E-state index in [4.69, 9.17) is 9.47 Å². The van der Waals surface area contributed by atoms with Crippen LogP contribution in [0.4, 0.5) is 4.39 Å². The van der Waals surface area contributed by atoms with E-state index in [0.29, 0.717) is 52.6 Å². The Labute approximate surface area is 186 Å². The second-order valence-corrected chi connectivity index (χ2v) is 6.51. The molecule has 2 fully saturated rings. The quantitative estimate of drug-likeness (QED) is 0.749. The van der Waals surface area contributed by atoms with Gasteiger partial charge in [-0.15, -0.1) is 0 Å². The summed E-state index contributed by atoms with van der Waals surface area (Å²) in [6.07, 6.45) is 2.91. The highest BCUT2D eigenvalue weighted by Gasteiger charge is 2.22. The molecule has 0 aliphatic carbocycles. The molecule has 10 heteroatoms. The van der Waals surface area contributed by atoms with Gasteiger partial charge >= 0.3 is 0 Å². The molecule has 0 radical (unpaired) electrons. The minimum atomic E-state index is -0.575. The van der Waals surface area contributed by atoms with Crippen LogP contribution in [-0.2, 0) is 9.47 Å². The van der Waals surface area contributed by atoms with Crippen LogP contribution in [0.3, 0.4) is 0 Å². The monoisotopic (exact) mass is 448 g/mol. The predicted molar refractivity (Wildman–Crippen MR) is 115 cm³/mol. The Morgan fingerprint density at radius 1 is 0.844 bits per heavy atom. The van der Waals surface area contributed by atoms with Gasteiger partial charge in [0.1, 0.15) is 5.75 Å². The summed E-state index contributed by atoms with van der Waals surface area (Å²) < 4.78 is 23.5. The first-order valence-electron chi connectivity index (χ1n) is 10.6. The number of aromatic hydroxyl groups is 1. The Balaban J connectivity index is 0.000000211. The molecule has 9 nitrogen and oxygen atoms in total. The number of halogens is 1. The maximum atomic E-state index is 13.3. The summed E-state index contributed by atoms with van der Waals surface area (Å²) in [5.74, 6) is -1.25. The zero-order valence-electron chi connectivity index (χ0n) is 18.4. The molecular formula is C22H29FN4O5. The van der Waals surface area contributed by atoms with Gasteiger partial charge in [0.2, 0.25) is 0 Å². The fourth-order valence-electron chi connectivity index (χ4n) is 2.94. The second kappa shape index (κ2) is 13.3. The van der Waals surface area contributed by atoms with Crippen LogP contribution >= 0.6 is 0 Å².